The first kappa shape index (κ1) is 21.5. The van der Waals surface area contributed by atoms with Crippen LogP contribution in [0, 0.1) is 0 Å². The Morgan fingerprint density at radius 3 is 2.66 bits per heavy atom. The van der Waals surface area contributed by atoms with Gasteiger partial charge >= 0.3 is 5.97 Å². The van der Waals surface area contributed by atoms with Gasteiger partial charge in [0.2, 0.25) is 0 Å². The number of thiazole rings is 1. The maximum atomic E-state index is 12.0. The number of halogens is 1. The minimum Gasteiger partial charge on any atom is -0.493 e. The van der Waals surface area contributed by atoms with Gasteiger partial charge in [0.25, 0.3) is 0 Å². The van der Waals surface area contributed by atoms with Crippen LogP contribution in [0.2, 0.25) is 5.02 Å². The number of carbonyl (C=O) groups is 1. The molecule has 0 aliphatic heterocycles. The number of thioether (sulfide) groups is 1. The van der Waals surface area contributed by atoms with Gasteiger partial charge in [-0.15, -0.1) is 23.1 Å². The van der Waals surface area contributed by atoms with Gasteiger partial charge < -0.3 is 14.2 Å². The summed E-state index contributed by atoms with van der Waals surface area (Å²) >= 11 is 8.92. The highest BCUT2D eigenvalue weighted by Gasteiger charge is 2.15. The lowest BCUT2D eigenvalue weighted by molar-refractivity contribution is -0.144. The van der Waals surface area contributed by atoms with Gasteiger partial charge in [0.05, 0.1) is 31.9 Å². The van der Waals surface area contributed by atoms with Gasteiger partial charge in [-0.3, -0.25) is 4.79 Å². The fraction of sp³-hybridized carbons (Fsp3) is 0.238. The molecule has 1 heterocycles. The van der Waals surface area contributed by atoms with Gasteiger partial charge in [-0.2, -0.15) is 0 Å². The van der Waals surface area contributed by atoms with Crippen LogP contribution >= 0.6 is 34.7 Å². The minimum absolute atomic E-state index is 0.146. The lowest BCUT2D eigenvalue weighted by Gasteiger charge is -2.10. The first-order chi connectivity index (χ1) is 14.1. The average molecular weight is 450 g/mol. The number of ether oxygens (including phenoxy) is 3. The summed E-state index contributed by atoms with van der Waals surface area (Å²) in [5, 5.41) is 3.36. The van der Waals surface area contributed by atoms with Crippen molar-refractivity contribution < 1.29 is 19.0 Å². The molecule has 152 valence electrons. The molecule has 0 fully saturated rings. The van der Waals surface area contributed by atoms with Crippen LogP contribution in [0.4, 0.5) is 0 Å². The number of aromatic nitrogens is 1. The summed E-state index contributed by atoms with van der Waals surface area (Å²) in [6, 6.07) is 13.2. The van der Waals surface area contributed by atoms with E-state index in [-0.39, 0.29) is 12.6 Å². The number of carbonyl (C=O) groups excluding carboxylic acids is 1. The van der Waals surface area contributed by atoms with Gasteiger partial charge in [0.1, 0.15) is 11.6 Å². The van der Waals surface area contributed by atoms with Crippen molar-refractivity contribution in [2.24, 2.45) is 0 Å². The van der Waals surface area contributed by atoms with Crippen LogP contribution < -0.4 is 9.47 Å². The molecule has 0 atom stereocenters. The highest BCUT2D eigenvalue weighted by Crippen LogP contribution is 2.39. The smallest absolute Gasteiger partial charge is 0.307 e. The van der Waals surface area contributed by atoms with E-state index in [1.54, 1.807) is 26.0 Å². The molecule has 0 aliphatic rings. The van der Waals surface area contributed by atoms with Crippen molar-refractivity contribution in [1.29, 1.82) is 0 Å². The zero-order valence-corrected chi connectivity index (χ0v) is 18.4. The Kier molecular flexibility index (Phi) is 7.80. The van der Waals surface area contributed by atoms with E-state index in [4.69, 9.17) is 25.8 Å². The largest absolute Gasteiger partial charge is 0.493 e. The predicted octanol–water partition coefficient (Wildman–Crippen LogP) is 5.71. The maximum absolute atomic E-state index is 12.0. The number of para-hydroxylation sites is 1. The van der Waals surface area contributed by atoms with Gasteiger partial charge in [0, 0.05) is 21.1 Å². The molecule has 8 heteroatoms. The van der Waals surface area contributed by atoms with Crippen molar-refractivity contribution in [1.82, 2.24) is 4.98 Å². The van der Waals surface area contributed by atoms with E-state index in [0.717, 1.165) is 15.5 Å². The van der Waals surface area contributed by atoms with E-state index in [0.29, 0.717) is 34.4 Å². The summed E-state index contributed by atoms with van der Waals surface area (Å²) < 4.78 is 16.1. The van der Waals surface area contributed by atoms with Crippen molar-refractivity contribution in [2.75, 3.05) is 20.0 Å². The minimum atomic E-state index is -0.250. The summed E-state index contributed by atoms with van der Waals surface area (Å²) in [6.45, 7) is 0.146. The highest BCUT2D eigenvalue weighted by atomic mass is 35.5. The molecular formula is C21H20ClNO4S2. The van der Waals surface area contributed by atoms with Gasteiger partial charge in [-0.25, -0.2) is 4.98 Å². The Hall–Kier alpha value is -2.22. The third-order valence-electron chi connectivity index (χ3n) is 3.95. The van der Waals surface area contributed by atoms with Crippen molar-refractivity contribution in [3.05, 3.63) is 58.6 Å². The Balaban J connectivity index is 1.51. The monoisotopic (exact) mass is 449 g/mol. The van der Waals surface area contributed by atoms with E-state index in [1.807, 2.05) is 47.8 Å². The first-order valence-corrected chi connectivity index (χ1v) is 11.0. The Morgan fingerprint density at radius 2 is 1.93 bits per heavy atom. The number of hydrogen-bond acceptors (Lipinski definition) is 7. The summed E-state index contributed by atoms with van der Waals surface area (Å²) in [7, 11) is 3.19. The third-order valence-corrected chi connectivity index (χ3v) is 6.14. The molecule has 0 N–H and O–H groups in total. The lowest BCUT2D eigenvalue weighted by Crippen LogP contribution is -2.05. The molecule has 29 heavy (non-hydrogen) atoms. The van der Waals surface area contributed by atoms with Crippen LogP contribution in [0.25, 0.3) is 10.6 Å². The summed E-state index contributed by atoms with van der Waals surface area (Å²) in [5.41, 5.74) is 1.54. The first-order valence-electron chi connectivity index (χ1n) is 8.80. The molecule has 3 rings (SSSR count). The number of rotatable bonds is 9. The predicted molar refractivity (Wildman–Crippen MR) is 117 cm³/mol. The van der Waals surface area contributed by atoms with Crippen LogP contribution in [0.3, 0.4) is 0 Å². The maximum Gasteiger partial charge on any atom is 0.307 e. The number of methoxy groups -OCH3 is 2. The summed E-state index contributed by atoms with van der Waals surface area (Å²) in [5.74, 6) is 1.67. The Morgan fingerprint density at radius 1 is 1.14 bits per heavy atom. The van der Waals surface area contributed by atoms with E-state index in [2.05, 4.69) is 4.98 Å². The summed E-state index contributed by atoms with van der Waals surface area (Å²) in [4.78, 5) is 17.6. The molecule has 0 spiro atoms. The van der Waals surface area contributed by atoms with Crippen LogP contribution in [-0.2, 0) is 16.1 Å². The molecular weight excluding hydrogens is 430 g/mol. The molecule has 0 saturated heterocycles. The SMILES string of the molecule is COc1cccc(-c2nc(COC(=O)CCSc3ccc(Cl)cc3)cs2)c1OC. The van der Waals surface area contributed by atoms with Crippen LogP contribution in [0.15, 0.2) is 52.7 Å². The second kappa shape index (κ2) is 10.5. The fourth-order valence-corrected chi connectivity index (χ4v) is 4.35. The molecule has 3 aromatic rings. The van der Waals surface area contributed by atoms with E-state index < -0.39 is 0 Å². The van der Waals surface area contributed by atoms with Crippen molar-refractivity contribution in [2.45, 2.75) is 17.9 Å². The number of hydrogen-bond donors (Lipinski definition) is 0. The molecule has 0 aliphatic carbocycles. The average Bonchev–Trinajstić information content (AvgIpc) is 3.22. The zero-order chi connectivity index (χ0) is 20.6. The number of nitrogens with zero attached hydrogens (tertiary/aromatic N) is 1. The second-order valence-corrected chi connectivity index (χ2v) is 8.36. The Labute approximate surface area is 183 Å². The number of esters is 1. The van der Waals surface area contributed by atoms with Gasteiger partial charge in [-0.05, 0) is 36.4 Å². The number of benzene rings is 2. The van der Waals surface area contributed by atoms with E-state index in [9.17, 15) is 4.79 Å². The second-order valence-electron chi connectivity index (χ2n) is 5.90. The zero-order valence-electron chi connectivity index (χ0n) is 16.0. The molecule has 0 unspecified atom stereocenters. The van der Waals surface area contributed by atoms with Gasteiger partial charge in [0.15, 0.2) is 11.5 Å². The molecule has 0 saturated carbocycles. The van der Waals surface area contributed by atoms with Crippen LogP contribution in [0.1, 0.15) is 12.1 Å². The van der Waals surface area contributed by atoms with Crippen LogP contribution in [-0.4, -0.2) is 30.9 Å². The van der Waals surface area contributed by atoms with Crippen molar-refractivity contribution in [3.63, 3.8) is 0 Å². The topological polar surface area (TPSA) is 57.7 Å². The quantitative estimate of drug-likeness (QED) is 0.308. The summed E-state index contributed by atoms with van der Waals surface area (Å²) in [6.07, 6.45) is 0.327. The normalized spacial score (nSPS) is 10.6. The third kappa shape index (κ3) is 5.88. The van der Waals surface area contributed by atoms with Crippen molar-refractivity contribution in [3.8, 4) is 22.1 Å². The molecule has 2 aromatic carbocycles. The van der Waals surface area contributed by atoms with Crippen LogP contribution in [0.5, 0.6) is 11.5 Å². The molecule has 0 bridgehead atoms. The lowest BCUT2D eigenvalue weighted by atomic mass is 10.2. The molecule has 0 amide bonds. The van der Waals surface area contributed by atoms with E-state index in [1.165, 1.54) is 11.3 Å². The highest BCUT2D eigenvalue weighted by molar-refractivity contribution is 7.99. The molecule has 0 radical (unpaired) electrons. The van der Waals surface area contributed by atoms with Gasteiger partial charge in [-0.1, -0.05) is 17.7 Å². The van der Waals surface area contributed by atoms with Crippen molar-refractivity contribution >= 4 is 40.7 Å². The van der Waals surface area contributed by atoms with E-state index >= 15 is 0 Å². The standard InChI is InChI=1S/C21H20ClNO4S2/c1-25-18-5-3-4-17(20(18)26-2)21-23-15(13-29-21)12-27-19(24)10-11-28-16-8-6-14(22)7-9-16/h3-9,13H,10-12H2,1-2H3. The molecule has 1 aromatic heterocycles. The molecule has 5 nitrogen and oxygen atoms in total. The fourth-order valence-electron chi connectivity index (χ4n) is 2.56. The Bertz CT molecular complexity index is 960.